The minimum Gasteiger partial charge on any atom is -0.423 e. The van der Waals surface area contributed by atoms with Crippen molar-refractivity contribution in [3.8, 4) is 0 Å². The molecule has 2 aromatic rings. The Labute approximate surface area is 100 Å². The van der Waals surface area contributed by atoms with Gasteiger partial charge in [0.15, 0.2) is 0 Å². The van der Waals surface area contributed by atoms with Crippen LogP contribution in [-0.2, 0) is 12.8 Å². The second-order valence-electron chi connectivity index (χ2n) is 4.76. The molecule has 1 heterocycles. The molecule has 88 valence electrons. The van der Waals surface area contributed by atoms with Crippen LogP contribution in [0.5, 0.6) is 0 Å². The molecule has 0 bridgehead atoms. The predicted octanol–water partition coefficient (Wildman–Crippen LogP) is 3.45. The average molecular weight is 228 g/mol. The van der Waals surface area contributed by atoms with Crippen molar-refractivity contribution in [2.24, 2.45) is 0 Å². The standard InChI is InChI=1S/C15H16O2/c16-15-13-9-4-2-1-3-7-11(13)12-8-5-6-10-14(12)17-15/h5-6,8,10H,1-4,7,9H2. The van der Waals surface area contributed by atoms with E-state index in [1.54, 1.807) is 0 Å². The Balaban J connectivity index is 2.29. The van der Waals surface area contributed by atoms with Crippen molar-refractivity contribution in [1.29, 1.82) is 0 Å². The zero-order valence-electron chi connectivity index (χ0n) is 9.87. The number of rotatable bonds is 0. The summed E-state index contributed by atoms with van der Waals surface area (Å²) >= 11 is 0. The molecule has 0 aliphatic heterocycles. The van der Waals surface area contributed by atoms with E-state index in [9.17, 15) is 4.79 Å². The van der Waals surface area contributed by atoms with Gasteiger partial charge in [-0.05, 0) is 37.3 Å². The Morgan fingerprint density at radius 2 is 1.59 bits per heavy atom. The molecule has 0 spiro atoms. The molecule has 0 unspecified atom stereocenters. The number of aryl methyl sites for hydroxylation is 1. The molecular weight excluding hydrogens is 212 g/mol. The summed E-state index contributed by atoms with van der Waals surface area (Å²) in [7, 11) is 0. The summed E-state index contributed by atoms with van der Waals surface area (Å²) in [6, 6.07) is 7.89. The van der Waals surface area contributed by atoms with Crippen LogP contribution in [0, 0.1) is 0 Å². The van der Waals surface area contributed by atoms with Crippen LogP contribution in [0.1, 0.15) is 36.8 Å². The van der Waals surface area contributed by atoms with Crippen molar-refractivity contribution in [1.82, 2.24) is 0 Å². The maximum atomic E-state index is 12.0. The van der Waals surface area contributed by atoms with E-state index < -0.39 is 0 Å². The number of hydrogen-bond donors (Lipinski definition) is 0. The molecule has 2 nitrogen and oxygen atoms in total. The van der Waals surface area contributed by atoms with Crippen LogP contribution in [0.15, 0.2) is 33.5 Å². The van der Waals surface area contributed by atoms with Crippen molar-refractivity contribution in [2.75, 3.05) is 0 Å². The molecule has 1 aliphatic carbocycles. The molecule has 0 radical (unpaired) electrons. The highest BCUT2D eigenvalue weighted by atomic mass is 16.4. The van der Waals surface area contributed by atoms with Crippen molar-refractivity contribution < 1.29 is 4.42 Å². The molecule has 0 fully saturated rings. The maximum Gasteiger partial charge on any atom is 0.339 e. The van der Waals surface area contributed by atoms with Gasteiger partial charge in [0, 0.05) is 10.9 Å². The monoisotopic (exact) mass is 228 g/mol. The first-order valence-electron chi connectivity index (χ1n) is 6.40. The Hall–Kier alpha value is -1.57. The fraction of sp³-hybridized carbons (Fsp3) is 0.400. The van der Waals surface area contributed by atoms with Gasteiger partial charge in [-0.25, -0.2) is 4.79 Å². The SMILES string of the molecule is O=c1oc2ccccc2c2c1CCCCCC2. The largest absolute Gasteiger partial charge is 0.423 e. The third-order valence-electron chi connectivity index (χ3n) is 3.63. The highest BCUT2D eigenvalue weighted by molar-refractivity contribution is 5.81. The Bertz CT molecular complexity index is 595. The van der Waals surface area contributed by atoms with Gasteiger partial charge < -0.3 is 4.42 Å². The third kappa shape index (κ3) is 1.88. The number of fused-ring (bicyclic) bond motifs is 3. The second-order valence-corrected chi connectivity index (χ2v) is 4.76. The van der Waals surface area contributed by atoms with Crippen molar-refractivity contribution >= 4 is 11.0 Å². The van der Waals surface area contributed by atoms with Crippen LogP contribution in [0.2, 0.25) is 0 Å². The molecule has 0 saturated carbocycles. The highest BCUT2D eigenvalue weighted by Crippen LogP contribution is 2.25. The van der Waals surface area contributed by atoms with E-state index in [4.69, 9.17) is 4.42 Å². The van der Waals surface area contributed by atoms with E-state index in [-0.39, 0.29) is 5.63 Å². The molecule has 2 heteroatoms. The van der Waals surface area contributed by atoms with Crippen molar-refractivity contribution in [3.63, 3.8) is 0 Å². The Morgan fingerprint density at radius 3 is 2.41 bits per heavy atom. The molecule has 0 N–H and O–H groups in total. The van der Waals surface area contributed by atoms with E-state index in [0.29, 0.717) is 0 Å². The molecule has 0 atom stereocenters. The fourth-order valence-corrected chi connectivity index (χ4v) is 2.75. The average Bonchev–Trinajstić information content (AvgIpc) is 2.29. The summed E-state index contributed by atoms with van der Waals surface area (Å²) in [6.07, 6.45) is 6.68. The predicted molar refractivity (Wildman–Crippen MR) is 68.4 cm³/mol. The van der Waals surface area contributed by atoms with Gasteiger partial charge in [0.1, 0.15) is 5.58 Å². The lowest BCUT2D eigenvalue weighted by molar-refractivity contribution is 0.531. The highest BCUT2D eigenvalue weighted by Gasteiger charge is 2.15. The zero-order valence-corrected chi connectivity index (χ0v) is 9.87. The molecular formula is C15H16O2. The van der Waals surface area contributed by atoms with E-state index in [2.05, 4.69) is 6.07 Å². The number of hydrogen-bond acceptors (Lipinski definition) is 2. The van der Waals surface area contributed by atoms with Crippen LogP contribution < -0.4 is 5.63 Å². The first-order valence-corrected chi connectivity index (χ1v) is 6.40. The molecule has 0 saturated heterocycles. The summed E-state index contributed by atoms with van der Waals surface area (Å²) < 4.78 is 5.40. The van der Waals surface area contributed by atoms with Crippen LogP contribution in [0.25, 0.3) is 11.0 Å². The van der Waals surface area contributed by atoms with Gasteiger partial charge in [0.05, 0.1) is 0 Å². The van der Waals surface area contributed by atoms with Crippen molar-refractivity contribution in [2.45, 2.75) is 38.5 Å². The van der Waals surface area contributed by atoms with Crippen LogP contribution in [0.4, 0.5) is 0 Å². The van der Waals surface area contributed by atoms with E-state index >= 15 is 0 Å². The smallest absolute Gasteiger partial charge is 0.339 e. The number of para-hydroxylation sites is 1. The van der Waals surface area contributed by atoms with Gasteiger partial charge in [0.2, 0.25) is 0 Å². The molecule has 1 aliphatic rings. The summed E-state index contributed by atoms with van der Waals surface area (Å²) in [5, 5.41) is 1.13. The summed E-state index contributed by atoms with van der Waals surface area (Å²) in [5.41, 5.74) is 2.76. The minimum absolute atomic E-state index is 0.124. The molecule has 17 heavy (non-hydrogen) atoms. The number of benzene rings is 1. The molecule has 0 amide bonds. The molecule has 1 aromatic heterocycles. The lowest BCUT2D eigenvalue weighted by Crippen LogP contribution is -2.13. The normalized spacial score (nSPS) is 16.2. The zero-order chi connectivity index (χ0) is 11.7. The first-order chi connectivity index (χ1) is 8.36. The molecule has 3 rings (SSSR count). The van der Waals surface area contributed by atoms with Gasteiger partial charge in [-0.3, -0.25) is 0 Å². The van der Waals surface area contributed by atoms with Crippen LogP contribution >= 0.6 is 0 Å². The van der Waals surface area contributed by atoms with Gasteiger partial charge in [0.25, 0.3) is 0 Å². The minimum atomic E-state index is -0.124. The van der Waals surface area contributed by atoms with Crippen LogP contribution in [0.3, 0.4) is 0 Å². The lowest BCUT2D eigenvalue weighted by Gasteiger charge is -2.14. The summed E-state index contributed by atoms with van der Waals surface area (Å²) in [6.45, 7) is 0. The van der Waals surface area contributed by atoms with E-state index in [1.165, 1.54) is 24.8 Å². The molecule has 1 aromatic carbocycles. The van der Waals surface area contributed by atoms with E-state index in [0.717, 1.165) is 35.8 Å². The van der Waals surface area contributed by atoms with E-state index in [1.807, 2.05) is 18.2 Å². The quantitative estimate of drug-likeness (QED) is 0.646. The maximum absolute atomic E-state index is 12.0. The second kappa shape index (κ2) is 4.36. The topological polar surface area (TPSA) is 30.2 Å². The van der Waals surface area contributed by atoms with Gasteiger partial charge in [-0.2, -0.15) is 0 Å². The van der Waals surface area contributed by atoms with Crippen molar-refractivity contribution in [3.05, 3.63) is 45.8 Å². The summed E-state index contributed by atoms with van der Waals surface area (Å²) in [5.74, 6) is 0. The van der Waals surface area contributed by atoms with Gasteiger partial charge in [-0.1, -0.05) is 31.0 Å². The van der Waals surface area contributed by atoms with Gasteiger partial charge >= 0.3 is 5.63 Å². The summed E-state index contributed by atoms with van der Waals surface area (Å²) in [4.78, 5) is 12.0. The Morgan fingerprint density at radius 1 is 0.882 bits per heavy atom. The lowest BCUT2D eigenvalue weighted by atomic mass is 9.92. The first kappa shape index (κ1) is 10.6. The van der Waals surface area contributed by atoms with Crippen LogP contribution in [-0.4, -0.2) is 0 Å². The third-order valence-corrected chi connectivity index (χ3v) is 3.63. The van der Waals surface area contributed by atoms with Gasteiger partial charge in [-0.15, -0.1) is 0 Å². The fourth-order valence-electron chi connectivity index (χ4n) is 2.75. The Kier molecular flexibility index (Phi) is 2.71.